The number of nitrogens with zero attached hydrogens (tertiary/aromatic N) is 7. The second-order valence-corrected chi connectivity index (χ2v) is 10.5. The van der Waals surface area contributed by atoms with Crippen LogP contribution in [0.3, 0.4) is 0 Å². The Morgan fingerprint density at radius 3 is 2.62 bits per heavy atom. The van der Waals surface area contributed by atoms with Gasteiger partial charge < -0.3 is 4.90 Å². The summed E-state index contributed by atoms with van der Waals surface area (Å²) in [4.78, 5) is 17.4. The van der Waals surface area contributed by atoms with E-state index in [-0.39, 0.29) is 30.4 Å². The van der Waals surface area contributed by atoms with Crippen LogP contribution in [-0.2, 0) is 10.0 Å². The summed E-state index contributed by atoms with van der Waals surface area (Å²) in [5, 5.41) is 4.02. The van der Waals surface area contributed by atoms with Crippen molar-refractivity contribution in [2.45, 2.75) is 45.3 Å². The number of hydrogen-bond donors (Lipinski definition) is 1. The third-order valence-electron chi connectivity index (χ3n) is 6.11. The summed E-state index contributed by atoms with van der Waals surface area (Å²) in [5.41, 5.74) is 1.07. The zero-order chi connectivity index (χ0) is 24.6. The fraction of sp³-hybridized carbons (Fsp3) is 0.524. The summed E-state index contributed by atoms with van der Waals surface area (Å²) < 4.78 is 53.8. The van der Waals surface area contributed by atoms with Crippen LogP contribution >= 0.6 is 0 Å². The van der Waals surface area contributed by atoms with E-state index in [9.17, 15) is 17.2 Å². The average Bonchev–Trinajstić information content (AvgIpc) is 3.20. The number of fused-ring (bicyclic) bond motifs is 1. The summed E-state index contributed by atoms with van der Waals surface area (Å²) in [7, 11) is -3.34. The monoisotopic (exact) mass is 494 g/mol. The SMILES string of the molecule is CC1C(CNS(C)(=O)=O)N(C(C)C)CCN1c1cc(-c2cnc3ccc(C(F)F)nn23)ncn1. The normalized spacial score (nSPS) is 20.1. The predicted molar refractivity (Wildman–Crippen MR) is 124 cm³/mol. The molecule has 4 heterocycles. The number of halogens is 2. The standard InChI is InChI=1S/C21H28F2N8O2S/c1-13(2)29-7-8-30(14(3)17(29)11-27-34(4,32)33)20-9-16(25-12-26-20)18-10-24-19-6-5-15(21(22)23)28-31(18)19/h5-6,9-10,12-14,17,21,27H,7-8,11H2,1-4H3. The quantitative estimate of drug-likeness (QED) is 0.531. The number of rotatable bonds is 7. The van der Waals surface area contributed by atoms with Crippen molar-refractivity contribution in [3.63, 3.8) is 0 Å². The largest absolute Gasteiger partial charge is 0.351 e. The van der Waals surface area contributed by atoms with Gasteiger partial charge in [-0.05, 0) is 32.9 Å². The molecule has 1 aliphatic rings. The molecule has 0 bridgehead atoms. The third kappa shape index (κ3) is 5.00. The molecule has 0 aliphatic carbocycles. The molecule has 0 aromatic carbocycles. The number of nitrogens with one attached hydrogen (secondary N) is 1. The highest BCUT2D eigenvalue weighted by Crippen LogP contribution is 2.27. The zero-order valence-electron chi connectivity index (χ0n) is 19.4. The highest BCUT2D eigenvalue weighted by atomic mass is 32.2. The minimum atomic E-state index is -3.34. The molecular weight excluding hydrogens is 466 g/mol. The molecule has 34 heavy (non-hydrogen) atoms. The molecule has 1 aliphatic heterocycles. The smallest absolute Gasteiger partial charge is 0.282 e. The summed E-state index contributed by atoms with van der Waals surface area (Å²) >= 11 is 0. The summed E-state index contributed by atoms with van der Waals surface area (Å²) in [5.74, 6) is 0.658. The van der Waals surface area contributed by atoms with Crippen LogP contribution in [0.1, 0.15) is 32.9 Å². The topological polar surface area (TPSA) is 109 Å². The molecule has 184 valence electrons. The van der Waals surface area contributed by atoms with E-state index >= 15 is 0 Å². The van der Waals surface area contributed by atoms with Crippen molar-refractivity contribution in [3.05, 3.63) is 36.4 Å². The van der Waals surface area contributed by atoms with E-state index in [1.54, 1.807) is 12.3 Å². The summed E-state index contributed by atoms with van der Waals surface area (Å²) in [6, 6.07) is 4.63. The fourth-order valence-electron chi connectivity index (χ4n) is 4.39. The van der Waals surface area contributed by atoms with E-state index in [0.29, 0.717) is 29.4 Å². The van der Waals surface area contributed by atoms with Crippen molar-refractivity contribution < 1.29 is 17.2 Å². The Kier molecular flexibility index (Phi) is 6.78. The minimum Gasteiger partial charge on any atom is -0.351 e. The molecule has 1 saturated heterocycles. The number of sulfonamides is 1. The van der Waals surface area contributed by atoms with Crippen molar-refractivity contribution >= 4 is 21.5 Å². The van der Waals surface area contributed by atoms with Crippen molar-refractivity contribution in [3.8, 4) is 11.4 Å². The molecule has 0 radical (unpaired) electrons. The van der Waals surface area contributed by atoms with E-state index < -0.39 is 16.4 Å². The minimum absolute atomic E-state index is 0.0566. The fourth-order valence-corrected chi connectivity index (χ4v) is 4.86. The van der Waals surface area contributed by atoms with Gasteiger partial charge in [0.25, 0.3) is 6.43 Å². The zero-order valence-corrected chi connectivity index (χ0v) is 20.2. The first-order valence-corrected chi connectivity index (χ1v) is 12.9. The number of aromatic nitrogens is 5. The Balaban J connectivity index is 1.66. The number of anilines is 1. The molecule has 3 aromatic rings. The second-order valence-electron chi connectivity index (χ2n) is 8.69. The molecular formula is C21H28F2N8O2S. The van der Waals surface area contributed by atoms with Gasteiger partial charge >= 0.3 is 0 Å². The number of hydrogen-bond acceptors (Lipinski definition) is 8. The van der Waals surface area contributed by atoms with Gasteiger partial charge in [0.1, 0.15) is 23.5 Å². The lowest BCUT2D eigenvalue weighted by atomic mass is 10.0. The van der Waals surface area contributed by atoms with E-state index in [0.717, 1.165) is 12.8 Å². The number of alkyl halides is 2. The summed E-state index contributed by atoms with van der Waals surface area (Å²) in [6.07, 6.45) is 1.42. The Hall–Kier alpha value is -2.77. The molecule has 4 rings (SSSR count). The molecule has 0 spiro atoms. The van der Waals surface area contributed by atoms with E-state index in [2.05, 4.69) is 48.4 Å². The van der Waals surface area contributed by atoms with Crippen molar-refractivity contribution in [2.75, 3.05) is 30.8 Å². The van der Waals surface area contributed by atoms with Crippen LogP contribution in [0.25, 0.3) is 17.0 Å². The van der Waals surface area contributed by atoms with Crippen LogP contribution in [0.4, 0.5) is 14.6 Å². The average molecular weight is 495 g/mol. The highest BCUT2D eigenvalue weighted by molar-refractivity contribution is 7.88. The van der Waals surface area contributed by atoms with E-state index in [4.69, 9.17) is 0 Å². The Labute approximate surface area is 197 Å². The van der Waals surface area contributed by atoms with Crippen LogP contribution < -0.4 is 9.62 Å². The number of imidazole rings is 1. The van der Waals surface area contributed by atoms with E-state index in [1.165, 1.54) is 23.0 Å². The van der Waals surface area contributed by atoms with Crippen LogP contribution in [0.2, 0.25) is 0 Å². The Morgan fingerprint density at radius 1 is 1.18 bits per heavy atom. The highest BCUT2D eigenvalue weighted by Gasteiger charge is 2.36. The van der Waals surface area contributed by atoms with Gasteiger partial charge in [0.15, 0.2) is 5.65 Å². The maximum Gasteiger partial charge on any atom is 0.282 e. The lowest BCUT2D eigenvalue weighted by Crippen LogP contribution is -2.63. The van der Waals surface area contributed by atoms with Gasteiger partial charge in [-0.15, -0.1) is 0 Å². The van der Waals surface area contributed by atoms with Crippen LogP contribution in [0, 0.1) is 0 Å². The molecule has 10 nitrogen and oxygen atoms in total. The lowest BCUT2D eigenvalue weighted by Gasteiger charge is -2.48. The Bertz CT molecular complexity index is 1270. The number of piperazine rings is 1. The van der Waals surface area contributed by atoms with Crippen molar-refractivity contribution in [1.82, 2.24) is 34.2 Å². The van der Waals surface area contributed by atoms with Gasteiger partial charge in [-0.3, -0.25) is 4.90 Å². The van der Waals surface area contributed by atoms with E-state index in [1.807, 2.05) is 6.92 Å². The molecule has 13 heteroatoms. The van der Waals surface area contributed by atoms with Crippen LogP contribution in [0.5, 0.6) is 0 Å². The van der Waals surface area contributed by atoms with Crippen molar-refractivity contribution in [1.29, 1.82) is 0 Å². The molecule has 0 amide bonds. The Morgan fingerprint density at radius 2 is 1.94 bits per heavy atom. The molecule has 3 aromatic heterocycles. The van der Waals surface area contributed by atoms with Gasteiger partial charge in [0.2, 0.25) is 10.0 Å². The van der Waals surface area contributed by atoms with Gasteiger partial charge in [-0.25, -0.2) is 41.4 Å². The first kappa shape index (κ1) is 24.4. The molecule has 1 fully saturated rings. The second kappa shape index (κ2) is 9.47. The summed E-state index contributed by atoms with van der Waals surface area (Å²) in [6.45, 7) is 7.91. The van der Waals surface area contributed by atoms with Gasteiger partial charge in [-0.2, -0.15) is 5.10 Å². The van der Waals surface area contributed by atoms with Crippen LogP contribution in [-0.4, -0.2) is 81.9 Å². The first-order valence-electron chi connectivity index (χ1n) is 11.0. The molecule has 0 saturated carbocycles. The maximum atomic E-state index is 13.2. The lowest BCUT2D eigenvalue weighted by molar-refractivity contribution is 0.112. The molecule has 1 N–H and O–H groups in total. The maximum absolute atomic E-state index is 13.2. The van der Waals surface area contributed by atoms with Gasteiger partial charge in [-0.1, -0.05) is 0 Å². The molecule has 2 atom stereocenters. The predicted octanol–water partition coefficient (Wildman–Crippen LogP) is 1.96. The molecule has 2 unspecified atom stereocenters. The first-order chi connectivity index (χ1) is 16.0. The van der Waals surface area contributed by atoms with Crippen molar-refractivity contribution in [2.24, 2.45) is 0 Å². The van der Waals surface area contributed by atoms with Crippen LogP contribution in [0.15, 0.2) is 30.7 Å². The van der Waals surface area contributed by atoms with Gasteiger partial charge in [0, 0.05) is 43.8 Å². The third-order valence-corrected chi connectivity index (χ3v) is 6.80. The van der Waals surface area contributed by atoms with Gasteiger partial charge in [0.05, 0.1) is 18.1 Å².